The van der Waals surface area contributed by atoms with Gasteiger partial charge >= 0.3 is 0 Å². The lowest BCUT2D eigenvalue weighted by Crippen LogP contribution is -1.85. The fourth-order valence-corrected chi connectivity index (χ4v) is 1.83. The normalized spacial score (nSPS) is 10.5. The predicted molar refractivity (Wildman–Crippen MR) is 49.8 cm³/mol. The van der Waals surface area contributed by atoms with Crippen LogP contribution in [-0.2, 0) is 0 Å². The molecule has 4 nitrogen and oxygen atoms in total. The molecule has 6 heteroatoms. The van der Waals surface area contributed by atoms with Gasteiger partial charge in [0, 0.05) is 7.05 Å². The molecule has 0 atom stereocenters. The molecule has 2 aromatic rings. The summed E-state index contributed by atoms with van der Waals surface area (Å²) in [6.45, 7) is 0. The molecule has 0 amide bonds. The zero-order valence-corrected chi connectivity index (χ0v) is 7.78. The lowest BCUT2D eigenvalue weighted by Gasteiger charge is -1.86. The summed E-state index contributed by atoms with van der Waals surface area (Å²) in [4.78, 5) is 12.0. The summed E-state index contributed by atoms with van der Waals surface area (Å²) in [5, 5.41) is 4.18. The van der Waals surface area contributed by atoms with Crippen LogP contribution < -0.4 is 5.32 Å². The van der Waals surface area contributed by atoms with Crippen LogP contribution >= 0.6 is 22.9 Å². The van der Waals surface area contributed by atoms with Crippen molar-refractivity contribution in [3.63, 3.8) is 0 Å². The Morgan fingerprint density at radius 1 is 1.50 bits per heavy atom. The molecule has 0 aliphatic heterocycles. The molecule has 0 bridgehead atoms. The third-order valence-corrected chi connectivity index (χ3v) is 2.83. The molecule has 0 radical (unpaired) electrons. The molecule has 0 aromatic carbocycles. The van der Waals surface area contributed by atoms with Crippen molar-refractivity contribution >= 4 is 38.4 Å². The first-order valence-electron chi connectivity index (χ1n) is 3.26. The minimum absolute atomic E-state index is 0.457. The van der Waals surface area contributed by atoms with Crippen molar-refractivity contribution in [3.8, 4) is 0 Å². The molecule has 62 valence electrons. The molecule has 2 heterocycles. The van der Waals surface area contributed by atoms with E-state index in [1.54, 1.807) is 7.05 Å². The van der Waals surface area contributed by atoms with Gasteiger partial charge in [0.15, 0.2) is 15.9 Å². The lowest BCUT2D eigenvalue weighted by atomic mass is 10.6. The number of nitrogens with zero attached hydrogens (tertiary/aromatic N) is 3. The minimum Gasteiger partial charge on any atom is -0.365 e. The standard InChI is InChI=1S/C6H5ClN4S/c1-8-6-11-5-3(12-6)4(7)9-2-10-5/h2H,1H3,(H,8,9,10,11). The third-order valence-electron chi connectivity index (χ3n) is 1.36. The fraction of sp³-hybridized carbons (Fsp3) is 0.167. The summed E-state index contributed by atoms with van der Waals surface area (Å²) in [7, 11) is 1.80. The molecule has 0 saturated heterocycles. The van der Waals surface area contributed by atoms with Crippen LogP contribution in [-0.4, -0.2) is 22.0 Å². The van der Waals surface area contributed by atoms with Crippen LogP contribution in [0, 0.1) is 0 Å². The van der Waals surface area contributed by atoms with Crippen LogP contribution in [0.1, 0.15) is 0 Å². The molecular formula is C6H5ClN4S. The van der Waals surface area contributed by atoms with E-state index in [1.165, 1.54) is 17.7 Å². The van der Waals surface area contributed by atoms with Gasteiger partial charge in [-0.15, -0.1) is 0 Å². The van der Waals surface area contributed by atoms with E-state index in [4.69, 9.17) is 11.6 Å². The van der Waals surface area contributed by atoms with E-state index in [-0.39, 0.29) is 0 Å². The van der Waals surface area contributed by atoms with Gasteiger partial charge in [-0.1, -0.05) is 22.9 Å². The number of halogens is 1. The summed E-state index contributed by atoms with van der Waals surface area (Å²) >= 11 is 7.26. The number of anilines is 1. The second-order valence-corrected chi connectivity index (χ2v) is 3.44. The van der Waals surface area contributed by atoms with E-state index >= 15 is 0 Å². The number of thiazole rings is 1. The van der Waals surface area contributed by atoms with Crippen molar-refractivity contribution in [3.05, 3.63) is 11.5 Å². The van der Waals surface area contributed by atoms with Crippen LogP contribution in [0.25, 0.3) is 10.3 Å². The maximum absolute atomic E-state index is 5.82. The van der Waals surface area contributed by atoms with Gasteiger partial charge in [0.25, 0.3) is 0 Å². The van der Waals surface area contributed by atoms with Gasteiger partial charge in [0.2, 0.25) is 0 Å². The molecule has 2 rings (SSSR count). The summed E-state index contributed by atoms with van der Waals surface area (Å²) in [6, 6.07) is 0. The third kappa shape index (κ3) is 1.11. The van der Waals surface area contributed by atoms with Crippen LogP contribution in [0.5, 0.6) is 0 Å². The average molecular weight is 201 g/mol. The highest BCUT2D eigenvalue weighted by molar-refractivity contribution is 7.22. The summed E-state index contributed by atoms with van der Waals surface area (Å²) < 4.78 is 0.823. The Labute approximate surface area is 77.6 Å². The smallest absolute Gasteiger partial charge is 0.185 e. The number of hydrogen-bond acceptors (Lipinski definition) is 5. The van der Waals surface area contributed by atoms with Gasteiger partial charge in [-0.05, 0) is 0 Å². The average Bonchev–Trinajstić information content (AvgIpc) is 2.49. The highest BCUT2D eigenvalue weighted by atomic mass is 35.5. The van der Waals surface area contributed by atoms with E-state index in [2.05, 4.69) is 20.3 Å². The van der Waals surface area contributed by atoms with Crippen molar-refractivity contribution in [2.75, 3.05) is 12.4 Å². The summed E-state index contributed by atoms with van der Waals surface area (Å²) in [5.41, 5.74) is 0.643. The summed E-state index contributed by atoms with van der Waals surface area (Å²) in [6.07, 6.45) is 1.41. The number of nitrogens with one attached hydrogen (secondary N) is 1. The Kier molecular flexibility index (Phi) is 1.82. The van der Waals surface area contributed by atoms with Crippen molar-refractivity contribution in [1.29, 1.82) is 0 Å². The number of rotatable bonds is 1. The Morgan fingerprint density at radius 2 is 2.33 bits per heavy atom. The first-order valence-corrected chi connectivity index (χ1v) is 4.45. The van der Waals surface area contributed by atoms with Crippen LogP contribution in [0.3, 0.4) is 0 Å². The molecule has 0 aliphatic carbocycles. The molecule has 0 saturated carbocycles. The molecule has 1 N–H and O–H groups in total. The second kappa shape index (κ2) is 2.84. The van der Waals surface area contributed by atoms with E-state index in [0.29, 0.717) is 10.8 Å². The fourth-order valence-electron chi connectivity index (χ4n) is 0.834. The zero-order valence-electron chi connectivity index (χ0n) is 6.21. The highest BCUT2D eigenvalue weighted by Crippen LogP contribution is 2.28. The minimum atomic E-state index is 0.457. The van der Waals surface area contributed by atoms with Gasteiger partial charge in [-0.3, -0.25) is 0 Å². The maximum Gasteiger partial charge on any atom is 0.185 e. The Morgan fingerprint density at radius 3 is 3.00 bits per heavy atom. The van der Waals surface area contributed by atoms with Crippen molar-refractivity contribution in [2.24, 2.45) is 0 Å². The molecule has 0 spiro atoms. The van der Waals surface area contributed by atoms with Crippen molar-refractivity contribution in [1.82, 2.24) is 15.0 Å². The van der Waals surface area contributed by atoms with E-state index in [9.17, 15) is 0 Å². The van der Waals surface area contributed by atoms with E-state index in [1.807, 2.05) is 0 Å². The SMILES string of the molecule is CNc1nc2ncnc(Cl)c2s1. The van der Waals surface area contributed by atoms with Gasteiger partial charge in [0.1, 0.15) is 11.0 Å². The van der Waals surface area contributed by atoms with Crippen LogP contribution in [0.2, 0.25) is 5.15 Å². The molecule has 12 heavy (non-hydrogen) atoms. The van der Waals surface area contributed by atoms with Crippen LogP contribution in [0.4, 0.5) is 5.13 Å². The first kappa shape index (κ1) is 7.70. The quantitative estimate of drug-likeness (QED) is 0.713. The van der Waals surface area contributed by atoms with Crippen LogP contribution in [0.15, 0.2) is 6.33 Å². The lowest BCUT2D eigenvalue weighted by molar-refractivity contribution is 1.20. The highest BCUT2D eigenvalue weighted by Gasteiger charge is 2.06. The topological polar surface area (TPSA) is 50.7 Å². The zero-order chi connectivity index (χ0) is 8.55. The van der Waals surface area contributed by atoms with E-state index in [0.717, 1.165) is 9.83 Å². The molecular weight excluding hydrogens is 196 g/mol. The van der Waals surface area contributed by atoms with Crippen molar-refractivity contribution < 1.29 is 0 Å². The molecule has 0 fully saturated rings. The molecule has 0 aliphatic rings. The Bertz CT molecular complexity index is 413. The predicted octanol–water partition coefficient (Wildman–Crippen LogP) is 1.78. The van der Waals surface area contributed by atoms with E-state index < -0.39 is 0 Å². The van der Waals surface area contributed by atoms with Gasteiger partial charge < -0.3 is 5.32 Å². The molecule has 2 aromatic heterocycles. The monoisotopic (exact) mass is 200 g/mol. The van der Waals surface area contributed by atoms with Crippen molar-refractivity contribution in [2.45, 2.75) is 0 Å². The Balaban J connectivity index is 2.74. The second-order valence-electron chi connectivity index (χ2n) is 2.09. The molecule has 0 unspecified atom stereocenters. The van der Waals surface area contributed by atoms with Gasteiger partial charge in [0.05, 0.1) is 0 Å². The maximum atomic E-state index is 5.82. The van der Waals surface area contributed by atoms with Gasteiger partial charge in [-0.25, -0.2) is 9.97 Å². The first-order chi connectivity index (χ1) is 5.81. The van der Waals surface area contributed by atoms with Gasteiger partial charge in [-0.2, -0.15) is 4.98 Å². The number of aromatic nitrogens is 3. The Hall–Kier alpha value is -0.940. The number of fused-ring (bicyclic) bond motifs is 1. The summed E-state index contributed by atoms with van der Waals surface area (Å²) in [5.74, 6) is 0. The largest absolute Gasteiger partial charge is 0.365 e. The number of hydrogen-bond donors (Lipinski definition) is 1.